The minimum absolute atomic E-state index is 0.265. The van der Waals surface area contributed by atoms with Crippen molar-refractivity contribution in [3.05, 3.63) is 59.8 Å². The van der Waals surface area contributed by atoms with Gasteiger partial charge in [-0.15, -0.1) is 0 Å². The molecule has 0 saturated carbocycles. The fourth-order valence-corrected chi connectivity index (χ4v) is 4.34. The third kappa shape index (κ3) is 7.41. The summed E-state index contributed by atoms with van der Waals surface area (Å²) in [5.41, 5.74) is 2.43. The quantitative estimate of drug-likeness (QED) is 0.377. The number of halogens is 1. The maximum Gasteiger partial charge on any atom is 0.410 e. The van der Waals surface area contributed by atoms with E-state index in [2.05, 4.69) is 15.7 Å². The van der Waals surface area contributed by atoms with Crippen LogP contribution in [-0.4, -0.2) is 52.1 Å². The van der Waals surface area contributed by atoms with E-state index < -0.39 is 5.60 Å². The molecule has 3 aromatic rings. The number of carbonyl (C=O) groups is 2. The Labute approximate surface area is 228 Å². The first kappa shape index (κ1) is 27.3. The zero-order valence-corrected chi connectivity index (χ0v) is 22.9. The fourth-order valence-electron chi connectivity index (χ4n) is 4.21. The summed E-state index contributed by atoms with van der Waals surface area (Å²) in [6.07, 6.45) is 3.13. The number of likely N-dealkylation sites (tertiary alicyclic amines) is 1. The van der Waals surface area contributed by atoms with Gasteiger partial charge >= 0.3 is 12.1 Å². The number of hydrogen-bond donors (Lipinski definition) is 2. The normalized spacial score (nSPS) is 14.2. The first-order chi connectivity index (χ1) is 18.1. The maximum atomic E-state index is 12.6. The van der Waals surface area contributed by atoms with Gasteiger partial charge < -0.3 is 25.0 Å². The van der Waals surface area contributed by atoms with Crippen LogP contribution < -0.4 is 15.4 Å². The Kier molecular flexibility index (Phi) is 8.46. The smallest absolute Gasteiger partial charge is 0.410 e. The highest BCUT2D eigenvalue weighted by Gasteiger charge is 2.27. The van der Waals surface area contributed by atoms with Crippen LogP contribution in [0.5, 0.6) is 5.75 Å². The van der Waals surface area contributed by atoms with Crippen LogP contribution in [-0.2, 0) is 11.8 Å². The van der Waals surface area contributed by atoms with Gasteiger partial charge in [0.25, 0.3) is 0 Å². The molecule has 4 rings (SSSR count). The van der Waals surface area contributed by atoms with E-state index >= 15 is 0 Å². The SMILES string of the molecule is Cn1nccc1-c1cc(NC(=O)Nc2ccc(Cl)cc2)ccc1OCC1CCN(C(=O)OC(C)(C)C)CC1. The molecule has 0 bridgehead atoms. The monoisotopic (exact) mass is 539 g/mol. The molecule has 1 saturated heterocycles. The number of carbonyl (C=O) groups excluding carboxylic acids is 2. The van der Waals surface area contributed by atoms with Crippen molar-refractivity contribution in [1.29, 1.82) is 0 Å². The van der Waals surface area contributed by atoms with Gasteiger partial charge in [-0.05, 0) is 88.1 Å². The van der Waals surface area contributed by atoms with E-state index in [-0.39, 0.29) is 12.1 Å². The van der Waals surface area contributed by atoms with Crippen molar-refractivity contribution in [3.63, 3.8) is 0 Å². The molecule has 1 aromatic heterocycles. The second kappa shape index (κ2) is 11.8. The highest BCUT2D eigenvalue weighted by Crippen LogP contribution is 2.33. The molecule has 2 aromatic carbocycles. The Morgan fingerprint density at radius 1 is 1.03 bits per heavy atom. The molecule has 1 fully saturated rings. The van der Waals surface area contributed by atoms with Gasteiger partial charge in [0, 0.05) is 48.3 Å². The lowest BCUT2D eigenvalue weighted by atomic mass is 9.98. The average Bonchev–Trinajstić information content (AvgIpc) is 3.29. The first-order valence-corrected chi connectivity index (χ1v) is 13.0. The highest BCUT2D eigenvalue weighted by atomic mass is 35.5. The van der Waals surface area contributed by atoms with Crippen molar-refractivity contribution >= 4 is 35.1 Å². The predicted molar refractivity (Wildman–Crippen MR) is 149 cm³/mol. The third-order valence-corrected chi connectivity index (χ3v) is 6.43. The molecular formula is C28H34ClN5O4. The molecule has 2 N–H and O–H groups in total. The molecule has 2 heterocycles. The zero-order chi connectivity index (χ0) is 27.3. The molecule has 9 nitrogen and oxygen atoms in total. The summed E-state index contributed by atoms with van der Waals surface area (Å²) in [4.78, 5) is 26.7. The Morgan fingerprint density at radius 3 is 2.32 bits per heavy atom. The second-order valence-corrected chi connectivity index (χ2v) is 10.8. The Balaban J connectivity index is 1.40. The molecular weight excluding hydrogens is 506 g/mol. The van der Waals surface area contributed by atoms with E-state index in [9.17, 15) is 9.59 Å². The number of nitrogens with one attached hydrogen (secondary N) is 2. The van der Waals surface area contributed by atoms with E-state index in [4.69, 9.17) is 21.1 Å². The van der Waals surface area contributed by atoms with Gasteiger partial charge in [-0.3, -0.25) is 4.68 Å². The maximum absolute atomic E-state index is 12.6. The molecule has 0 unspecified atom stereocenters. The summed E-state index contributed by atoms with van der Waals surface area (Å²) in [5.74, 6) is 1.02. The first-order valence-electron chi connectivity index (χ1n) is 12.6. The van der Waals surface area contributed by atoms with Crippen molar-refractivity contribution in [2.45, 2.75) is 39.2 Å². The second-order valence-electron chi connectivity index (χ2n) is 10.4. The van der Waals surface area contributed by atoms with Gasteiger partial charge in [0.15, 0.2) is 0 Å². The number of aryl methyl sites for hydroxylation is 1. The minimum atomic E-state index is -0.503. The van der Waals surface area contributed by atoms with Gasteiger partial charge in [0.1, 0.15) is 11.4 Å². The lowest BCUT2D eigenvalue weighted by Gasteiger charge is -2.33. The van der Waals surface area contributed by atoms with Crippen LogP contribution in [0, 0.1) is 5.92 Å². The fraction of sp³-hybridized carbons (Fsp3) is 0.393. The van der Waals surface area contributed by atoms with Gasteiger partial charge in [-0.1, -0.05) is 11.6 Å². The van der Waals surface area contributed by atoms with Crippen LogP contribution in [0.2, 0.25) is 5.02 Å². The molecule has 3 amide bonds. The van der Waals surface area contributed by atoms with Crippen LogP contribution in [0.3, 0.4) is 0 Å². The number of piperidine rings is 1. The Bertz CT molecular complexity index is 1260. The average molecular weight is 540 g/mol. The van der Waals surface area contributed by atoms with Gasteiger partial charge in [0.05, 0.1) is 12.3 Å². The number of ether oxygens (including phenoxy) is 2. The zero-order valence-electron chi connectivity index (χ0n) is 22.2. The summed E-state index contributed by atoms with van der Waals surface area (Å²) < 4.78 is 13.5. The summed E-state index contributed by atoms with van der Waals surface area (Å²) >= 11 is 5.92. The summed E-state index contributed by atoms with van der Waals surface area (Å²) in [7, 11) is 1.86. The van der Waals surface area contributed by atoms with Crippen LogP contribution in [0.15, 0.2) is 54.7 Å². The van der Waals surface area contributed by atoms with E-state index in [0.717, 1.165) is 24.1 Å². The van der Waals surface area contributed by atoms with Crippen LogP contribution in [0.4, 0.5) is 21.0 Å². The van der Waals surface area contributed by atoms with Crippen LogP contribution in [0.25, 0.3) is 11.3 Å². The number of amides is 3. The molecule has 202 valence electrons. The highest BCUT2D eigenvalue weighted by molar-refractivity contribution is 6.30. The molecule has 1 aliphatic heterocycles. The molecule has 0 spiro atoms. The molecule has 10 heteroatoms. The number of rotatable bonds is 6. The number of benzene rings is 2. The summed E-state index contributed by atoms with van der Waals surface area (Å²) in [6.45, 7) is 7.43. The van der Waals surface area contributed by atoms with Crippen LogP contribution in [0.1, 0.15) is 33.6 Å². The van der Waals surface area contributed by atoms with Crippen molar-refractivity contribution in [1.82, 2.24) is 14.7 Å². The Hall–Kier alpha value is -3.72. The topological polar surface area (TPSA) is 97.7 Å². The lowest BCUT2D eigenvalue weighted by molar-refractivity contribution is 0.0165. The summed E-state index contributed by atoms with van der Waals surface area (Å²) in [5, 5.41) is 10.6. The lowest BCUT2D eigenvalue weighted by Crippen LogP contribution is -2.42. The van der Waals surface area contributed by atoms with Crippen molar-refractivity contribution in [3.8, 4) is 17.0 Å². The van der Waals surface area contributed by atoms with Crippen molar-refractivity contribution in [2.24, 2.45) is 13.0 Å². The largest absolute Gasteiger partial charge is 0.493 e. The molecule has 38 heavy (non-hydrogen) atoms. The number of nitrogens with zero attached hydrogens (tertiary/aromatic N) is 3. The molecule has 0 atom stereocenters. The summed E-state index contributed by atoms with van der Waals surface area (Å²) in [6, 6.07) is 14.0. The van der Waals surface area contributed by atoms with E-state index in [1.807, 2.05) is 52.1 Å². The molecule has 0 aliphatic carbocycles. The van der Waals surface area contributed by atoms with Crippen LogP contribution >= 0.6 is 11.6 Å². The third-order valence-electron chi connectivity index (χ3n) is 6.18. The predicted octanol–water partition coefficient (Wildman–Crippen LogP) is 6.41. The number of hydrogen-bond acceptors (Lipinski definition) is 5. The van der Waals surface area contributed by atoms with Crippen molar-refractivity contribution < 1.29 is 19.1 Å². The van der Waals surface area contributed by atoms with Gasteiger partial charge in [-0.25, -0.2) is 9.59 Å². The van der Waals surface area contributed by atoms with Crippen molar-refractivity contribution in [2.75, 3.05) is 30.3 Å². The Morgan fingerprint density at radius 2 is 1.68 bits per heavy atom. The van der Waals surface area contributed by atoms with Gasteiger partial charge in [0.2, 0.25) is 0 Å². The number of anilines is 2. The van der Waals surface area contributed by atoms with E-state index in [1.54, 1.807) is 40.0 Å². The number of urea groups is 1. The van der Waals surface area contributed by atoms with Gasteiger partial charge in [-0.2, -0.15) is 5.10 Å². The van der Waals surface area contributed by atoms with E-state index in [0.29, 0.717) is 47.8 Å². The molecule has 0 radical (unpaired) electrons. The molecule has 1 aliphatic rings. The minimum Gasteiger partial charge on any atom is -0.493 e. The standard InChI is InChI=1S/C28H34ClN5O4/c1-28(2,3)38-27(36)34-15-12-19(13-16-34)18-37-25-10-9-22(17-23(25)24-11-14-30-33(24)4)32-26(35)31-21-7-5-20(29)6-8-21/h5-11,14,17,19H,12-13,15-16,18H2,1-4H3,(H2,31,32,35). The van der Waals surface area contributed by atoms with E-state index in [1.165, 1.54) is 0 Å². The number of aromatic nitrogens is 2.